The second-order valence-electron chi connectivity index (χ2n) is 7.30. The first-order valence-electron chi connectivity index (χ1n) is 10.3. The molecule has 0 radical (unpaired) electrons. The maximum Gasteiger partial charge on any atom is 0.279 e. The molecule has 0 atom stereocenters. The predicted molar refractivity (Wildman–Crippen MR) is 132 cm³/mol. The van der Waals surface area contributed by atoms with E-state index >= 15 is 0 Å². The molecule has 4 rings (SSSR count). The molecule has 0 N–H and O–H groups in total. The molecule has 2 aromatic carbocycles. The summed E-state index contributed by atoms with van der Waals surface area (Å²) in [6.45, 7) is 11.9. The lowest BCUT2D eigenvalue weighted by Gasteiger charge is -2.19. The molecular weight excluding hydrogens is 474 g/mol. The van der Waals surface area contributed by atoms with Crippen LogP contribution >= 0.6 is 11.3 Å². The number of hydrogen-bond acceptors (Lipinski definition) is 6. The maximum absolute atomic E-state index is 12.9. The van der Waals surface area contributed by atoms with Crippen LogP contribution in [0.25, 0.3) is 10.2 Å². The number of thiazole rings is 1. The van der Waals surface area contributed by atoms with Gasteiger partial charge in [-0.05, 0) is 24.3 Å². The Bertz CT molecular complexity index is 1440. The van der Waals surface area contributed by atoms with E-state index in [-0.39, 0.29) is 30.3 Å². The zero-order chi connectivity index (χ0) is 24.3. The number of ether oxygens (including phenoxy) is 2. The fourth-order valence-electron chi connectivity index (χ4n) is 3.48. The number of rotatable bonds is 9. The Labute approximate surface area is 201 Å². The Kier molecular flexibility index (Phi) is 6.82. The fraction of sp³-hybridized carbons (Fsp3) is 0.167. The standard InChI is InChI=1S/C24H23N3O5S2/c1-4-11-26(12-5-2)34(29,30)18-9-7-17(8-10-18)23(28)25-24-27(13-6-3)19-14-20-21(32-16-31-20)15-22(19)33-24/h4-10,14-15H,1-3,11-13,16H2. The van der Waals surface area contributed by atoms with Crippen LogP contribution < -0.4 is 14.3 Å². The van der Waals surface area contributed by atoms with Crippen molar-refractivity contribution in [3.05, 3.63) is 84.7 Å². The second kappa shape index (κ2) is 9.80. The topological polar surface area (TPSA) is 90.2 Å². The van der Waals surface area contributed by atoms with Crippen LogP contribution in [0.2, 0.25) is 0 Å². The molecule has 1 aliphatic rings. The number of sulfonamides is 1. The zero-order valence-electron chi connectivity index (χ0n) is 18.3. The van der Waals surface area contributed by atoms with Crippen molar-refractivity contribution in [3.8, 4) is 11.5 Å². The van der Waals surface area contributed by atoms with Crippen LogP contribution in [0.5, 0.6) is 11.5 Å². The number of nitrogens with zero attached hydrogens (tertiary/aromatic N) is 3. The molecule has 1 amide bonds. The molecule has 0 saturated carbocycles. The number of carbonyl (C=O) groups is 1. The van der Waals surface area contributed by atoms with Gasteiger partial charge in [0.15, 0.2) is 16.3 Å². The van der Waals surface area contributed by atoms with E-state index in [0.29, 0.717) is 22.8 Å². The van der Waals surface area contributed by atoms with Gasteiger partial charge >= 0.3 is 0 Å². The number of amides is 1. The molecule has 0 fully saturated rings. The highest BCUT2D eigenvalue weighted by molar-refractivity contribution is 7.89. The summed E-state index contributed by atoms with van der Waals surface area (Å²) in [7, 11) is -3.75. The van der Waals surface area contributed by atoms with Crippen LogP contribution in [0.15, 0.2) is 84.3 Å². The summed E-state index contributed by atoms with van der Waals surface area (Å²) in [5.41, 5.74) is 1.13. The van der Waals surface area contributed by atoms with Crippen LogP contribution in [-0.4, -0.2) is 43.1 Å². The number of carbonyl (C=O) groups excluding carboxylic acids is 1. The van der Waals surface area contributed by atoms with E-state index in [4.69, 9.17) is 9.47 Å². The summed E-state index contributed by atoms with van der Waals surface area (Å²) in [5, 5.41) is 0. The van der Waals surface area contributed by atoms with E-state index < -0.39 is 15.9 Å². The third-order valence-electron chi connectivity index (χ3n) is 5.09. The Morgan fingerprint density at radius 3 is 2.32 bits per heavy atom. The monoisotopic (exact) mass is 497 g/mol. The van der Waals surface area contributed by atoms with Crippen molar-refractivity contribution in [1.29, 1.82) is 0 Å². The molecule has 2 heterocycles. The van der Waals surface area contributed by atoms with Crippen molar-refractivity contribution >= 4 is 37.5 Å². The maximum atomic E-state index is 12.9. The number of aromatic nitrogens is 1. The van der Waals surface area contributed by atoms with Crippen molar-refractivity contribution in [2.75, 3.05) is 19.9 Å². The molecule has 0 bridgehead atoms. The van der Waals surface area contributed by atoms with E-state index in [1.165, 1.54) is 52.1 Å². The molecule has 176 valence electrons. The van der Waals surface area contributed by atoms with Crippen LogP contribution in [-0.2, 0) is 16.6 Å². The molecule has 1 aromatic heterocycles. The summed E-state index contributed by atoms with van der Waals surface area (Å²) in [6, 6.07) is 9.45. The van der Waals surface area contributed by atoms with Gasteiger partial charge in [-0.15, -0.1) is 19.7 Å². The number of hydrogen-bond donors (Lipinski definition) is 0. The van der Waals surface area contributed by atoms with Crippen LogP contribution in [0.3, 0.4) is 0 Å². The summed E-state index contributed by atoms with van der Waals surface area (Å²) in [4.78, 5) is 17.8. The second-order valence-corrected chi connectivity index (χ2v) is 10.2. The largest absolute Gasteiger partial charge is 0.454 e. The first kappa shape index (κ1) is 23.7. The Hall–Kier alpha value is -3.47. The Morgan fingerprint density at radius 2 is 1.71 bits per heavy atom. The van der Waals surface area contributed by atoms with Crippen molar-refractivity contribution in [1.82, 2.24) is 8.87 Å². The summed E-state index contributed by atoms with van der Waals surface area (Å²) >= 11 is 1.35. The number of benzene rings is 2. The Morgan fingerprint density at radius 1 is 1.06 bits per heavy atom. The summed E-state index contributed by atoms with van der Waals surface area (Å²) in [5.74, 6) is 0.804. The van der Waals surface area contributed by atoms with Gasteiger partial charge in [0.1, 0.15) is 0 Å². The van der Waals surface area contributed by atoms with Gasteiger partial charge in [-0.1, -0.05) is 29.6 Å². The SMILES string of the molecule is C=CCN(CC=C)S(=O)(=O)c1ccc(C(=O)N=c2sc3cc4c(cc3n2CC=C)OCO4)cc1. The van der Waals surface area contributed by atoms with E-state index in [1.807, 2.05) is 16.7 Å². The normalized spacial score (nSPS) is 13.4. The van der Waals surface area contributed by atoms with Crippen molar-refractivity contribution in [2.24, 2.45) is 4.99 Å². The molecular formula is C24H23N3O5S2. The van der Waals surface area contributed by atoms with Crippen molar-refractivity contribution < 1.29 is 22.7 Å². The molecule has 1 aliphatic heterocycles. The van der Waals surface area contributed by atoms with Gasteiger partial charge < -0.3 is 14.0 Å². The first-order chi connectivity index (χ1) is 16.4. The molecule has 0 unspecified atom stereocenters. The molecule has 34 heavy (non-hydrogen) atoms. The van der Waals surface area contributed by atoms with Gasteiger partial charge in [0.2, 0.25) is 16.8 Å². The number of fused-ring (bicyclic) bond motifs is 2. The minimum absolute atomic E-state index is 0.0749. The highest BCUT2D eigenvalue weighted by atomic mass is 32.2. The highest BCUT2D eigenvalue weighted by Gasteiger charge is 2.23. The smallest absolute Gasteiger partial charge is 0.279 e. The molecule has 10 heteroatoms. The number of allylic oxidation sites excluding steroid dienone is 1. The molecule has 0 spiro atoms. The van der Waals surface area contributed by atoms with Gasteiger partial charge in [-0.25, -0.2) is 8.42 Å². The average molecular weight is 498 g/mol. The third-order valence-corrected chi connectivity index (χ3v) is 7.98. The van der Waals surface area contributed by atoms with E-state index in [1.54, 1.807) is 6.08 Å². The van der Waals surface area contributed by atoms with Gasteiger partial charge in [-0.3, -0.25) is 4.79 Å². The molecule has 0 saturated heterocycles. The van der Waals surface area contributed by atoms with E-state index in [0.717, 1.165) is 10.2 Å². The minimum Gasteiger partial charge on any atom is -0.454 e. The lowest BCUT2D eigenvalue weighted by atomic mass is 10.2. The van der Waals surface area contributed by atoms with Crippen molar-refractivity contribution in [3.63, 3.8) is 0 Å². The van der Waals surface area contributed by atoms with Crippen molar-refractivity contribution in [2.45, 2.75) is 11.4 Å². The molecule has 0 aliphatic carbocycles. The quantitative estimate of drug-likeness (QED) is 0.420. The van der Waals surface area contributed by atoms with Crippen LogP contribution in [0, 0.1) is 0 Å². The van der Waals surface area contributed by atoms with Gasteiger partial charge in [-0.2, -0.15) is 9.30 Å². The predicted octanol–water partition coefficient (Wildman–Crippen LogP) is 3.72. The summed E-state index contributed by atoms with van der Waals surface area (Å²) in [6.07, 6.45) is 4.74. The average Bonchev–Trinajstić information content (AvgIpc) is 3.41. The van der Waals surface area contributed by atoms with Gasteiger partial charge in [0.05, 0.1) is 15.1 Å². The minimum atomic E-state index is -3.75. The van der Waals surface area contributed by atoms with Crippen LogP contribution in [0.4, 0.5) is 0 Å². The van der Waals surface area contributed by atoms with E-state index in [2.05, 4.69) is 24.7 Å². The molecule has 8 nitrogen and oxygen atoms in total. The van der Waals surface area contributed by atoms with Crippen LogP contribution in [0.1, 0.15) is 10.4 Å². The fourth-order valence-corrected chi connectivity index (χ4v) is 5.91. The van der Waals surface area contributed by atoms with E-state index in [9.17, 15) is 13.2 Å². The Balaban J connectivity index is 1.68. The molecule has 3 aromatic rings. The zero-order valence-corrected chi connectivity index (χ0v) is 20.0. The lowest BCUT2D eigenvalue weighted by Crippen LogP contribution is -2.31. The third kappa shape index (κ3) is 4.47. The van der Waals surface area contributed by atoms with Gasteiger partial charge in [0, 0.05) is 37.3 Å². The first-order valence-corrected chi connectivity index (χ1v) is 12.6. The highest BCUT2D eigenvalue weighted by Crippen LogP contribution is 2.37. The van der Waals surface area contributed by atoms with Gasteiger partial charge in [0.25, 0.3) is 5.91 Å². The summed E-state index contributed by atoms with van der Waals surface area (Å²) < 4.78 is 40.7. The lowest BCUT2D eigenvalue weighted by molar-refractivity contribution is 0.0997.